The zero-order valence-electron chi connectivity index (χ0n) is 13.3. The lowest BCUT2D eigenvalue weighted by Gasteiger charge is -2.44. The summed E-state index contributed by atoms with van der Waals surface area (Å²) >= 11 is 0. The minimum Gasteiger partial charge on any atom is -0.379 e. The number of nitrogens with zero attached hydrogens (tertiary/aromatic N) is 4. The van der Waals surface area contributed by atoms with Gasteiger partial charge >= 0.3 is 0 Å². The lowest BCUT2D eigenvalue weighted by atomic mass is 9.80. The first-order chi connectivity index (χ1) is 10.8. The van der Waals surface area contributed by atoms with Crippen molar-refractivity contribution in [3.05, 3.63) is 18.7 Å². The number of anilines is 1. The van der Waals surface area contributed by atoms with E-state index in [-0.39, 0.29) is 5.41 Å². The Labute approximate surface area is 132 Å². The summed E-state index contributed by atoms with van der Waals surface area (Å²) in [6.07, 6.45) is 10.9. The molecule has 1 aliphatic carbocycles. The van der Waals surface area contributed by atoms with Crippen molar-refractivity contribution in [2.45, 2.75) is 25.7 Å². The summed E-state index contributed by atoms with van der Waals surface area (Å²) in [5, 5.41) is 0. The third-order valence-electron chi connectivity index (χ3n) is 5.31. The van der Waals surface area contributed by atoms with E-state index in [0.717, 1.165) is 37.9 Å². The van der Waals surface area contributed by atoms with E-state index < -0.39 is 0 Å². The van der Waals surface area contributed by atoms with E-state index in [1.165, 1.54) is 45.3 Å². The Balaban J connectivity index is 1.49. The van der Waals surface area contributed by atoms with E-state index in [4.69, 9.17) is 4.74 Å². The molecule has 0 amide bonds. The maximum absolute atomic E-state index is 6.00. The number of piperidine rings is 1. The van der Waals surface area contributed by atoms with Gasteiger partial charge in [0, 0.05) is 31.6 Å². The van der Waals surface area contributed by atoms with Gasteiger partial charge in [-0.05, 0) is 38.1 Å². The molecule has 1 unspecified atom stereocenters. The van der Waals surface area contributed by atoms with Crippen molar-refractivity contribution in [2.75, 3.05) is 50.8 Å². The largest absolute Gasteiger partial charge is 0.379 e. The van der Waals surface area contributed by atoms with Crippen molar-refractivity contribution in [1.82, 2.24) is 14.9 Å². The minimum atomic E-state index is 0.277. The van der Waals surface area contributed by atoms with Gasteiger partial charge in [0.1, 0.15) is 6.33 Å². The fourth-order valence-corrected chi connectivity index (χ4v) is 4.05. The fourth-order valence-electron chi connectivity index (χ4n) is 4.05. The van der Waals surface area contributed by atoms with Gasteiger partial charge in [-0.1, -0.05) is 0 Å². The molecule has 1 atom stereocenters. The molecule has 1 spiro atoms. The third-order valence-corrected chi connectivity index (χ3v) is 5.31. The average Bonchev–Trinajstić information content (AvgIpc) is 3.37. The SMILES string of the molecule is c1ncc(N2CCOCC3(CCCN(CC4CC4)C3)C2)cn1. The van der Waals surface area contributed by atoms with E-state index >= 15 is 0 Å². The molecule has 1 aromatic rings. The van der Waals surface area contributed by atoms with Crippen LogP contribution in [0.1, 0.15) is 25.7 Å². The van der Waals surface area contributed by atoms with Gasteiger partial charge in [0.2, 0.25) is 0 Å². The van der Waals surface area contributed by atoms with Gasteiger partial charge in [-0.2, -0.15) is 0 Å². The summed E-state index contributed by atoms with van der Waals surface area (Å²) in [5.74, 6) is 0.973. The molecule has 3 heterocycles. The van der Waals surface area contributed by atoms with E-state index in [1.807, 2.05) is 12.4 Å². The van der Waals surface area contributed by atoms with Crippen LogP contribution >= 0.6 is 0 Å². The third kappa shape index (κ3) is 3.25. The molecule has 2 saturated heterocycles. The molecule has 0 aromatic carbocycles. The van der Waals surface area contributed by atoms with Crippen molar-refractivity contribution in [3.8, 4) is 0 Å². The summed E-state index contributed by atoms with van der Waals surface area (Å²) < 4.78 is 6.00. The summed E-state index contributed by atoms with van der Waals surface area (Å²) in [4.78, 5) is 13.5. The second-order valence-electron chi connectivity index (χ2n) is 7.35. The Bertz CT molecular complexity index is 493. The summed E-state index contributed by atoms with van der Waals surface area (Å²) in [6, 6.07) is 0. The smallest absolute Gasteiger partial charge is 0.115 e. The van der Waals surface area contributed by atoms with Crippen LogP contribution in [0.3, 0.4) is 0 Å². The van der Waals surface area contributed by atoms with E-state index in [9.17, 15) is 0 Å². The van der Waals surface area contributed by atoms with Crippen LogP contribution in [0.15, 0.2) is 18.7 Å². The zero-order valence-corrected chi connectivity index (χ0v) is 13.3. The molecule has 0 radical (unpaired) electrons. The molecule has 5 nitrogen and oxygen atoms in total. The molecule has 0 N–H and O–H groups in total. The van der Waals surface area contributed by atoms with Crippen LogP contribution in [0.5, 0.6) is 0 Å². The first-order valence-electron chi connectivity index (χ1n) is 8.63. The Morgan fingerprint density at radius 2 is 2.05 bits per heavy atom. The molecule has 2 aliphatic heterocycles. The predicted octanol–water partition coefficient (Wildman–Crippen LogP) is 1.81. The molecule has 4 rings (SSSR count). The van der Waals surface area contributed by atoms with Gasteiger partial charge in [-0.3, -0.25) is 0 Å². The predicted molar refractivity (Wildman–Crippen MR) is 85.9 cm³/mol. The topological polar surface area (TPSA) is 41.5 Å². The number of hydrogen-bond acceptors (Lipinski definition) is 5. The van der Waals surface area contributed by atoms with Crippen molar-refractivity contribution in [2.24, 2.45) is 11.3 Å². The number of aromatic nitrogens is 2. The van der Waals surface area contributed by atoms with Crippen molar-refractivity contribution in [3.63, 3.8) is 0 Å². The highest BCUT2D eigenvalue weighted by atomic mass is 16.5. The van der Waals surface area contributed by atoms with Crippen LogP contribution < -0.4 is 4.90 Å². The summed E-state index contributed by atoms with van der Waals surface area (Å²) in [5.41, 5.74) is 1.41. The van der Waals surface area contributed by atoms with Gasteiger partial charge in [-0.15, -0.1) is 0 Å². The van der Waals surface area contributed by atoms with Crippen molar-refractivity contribution >= 4 is 5.69 Å². The molecule has 22 heavy (non-hydrogen) atoms. The molecule has 3 fully saturated rings. The molecule has 1 aromatic heterocycles. The number of likely N-dealkylation sites (tertiary alicyclic amines) is 1. The highest BCUT2D eigenvalue weighted by Gasteiger charge is 2.40. The van der Waals surface area contributed by atoms with Crippen molar-refractivity contribution in [1.29, 1.82) is 0 Å². The number of hydrogen-bond donors (Lipinski definition) is 0. The molecule has 0 bridgehead atoms. The van der Waals surface area contributed by atoms with Gasteiger partial charge in [0.05, 0.1) is 31.3 Å². The monoisotopic (exact) mass is 302 g/mol. The first kappa shape index (κ1) is 14.4. The Kier molecular flexibility index (Phi) is 4.01. The minimum absolute atomic E-state index is 0.277. The molecule has 120 valence electrons. The standard InChI is InChI=1S/C17H26N4O/c1-4-17(11-20(5-1)10-15-2-3-15)12-21(6-7-22-13-17)16-8-18-14-19-9-16/h8-9,14-15H,1-7,10-13H2. The van der Waals surface area contributed by atoms with Crippen LogP contribution in [0.2, 0.25) is 0 Å². The quantitative estimate of drug-likeness (QED) is 0.852. The van der Waals surface area contributed by atoms with Crippen LogP contribution in [0.4, 0.5) is 5.69 Å². The van der Waals surface area contributed by atoms with Crippen LogP contribution in [0, 0.1) is 11.3 Å². The maximum atomic E-state index is 6.00. The molecular formula is C17H26N4O. The van der Waals surface area contributed by atoms with Gasteiger partial charge in [0.25, 0.3) is 0 Å². The summed E-state index contributed by atoms with van der Waals surface area (Å²) in [7, 11) is 0. The van der Waals surface area contributed by atoms with Crippen molar-refractivity contribution < 1.29 is 4.74 Å². The first-order valence-corrected chi connectivity index (χ1v) is 8.63. The lowest BCUT2D eigenvalue weighted by molar-refractivity contribution is 0.0119. The maximum Gasteiger partial charge on any atom is 0.115 e. The Morgan fingerprint density at radius 1 is 1.18 bits per heavy atom. The van der Waals surface area contributed by atoms with Gasteiger partial charge in [0.15, 0.2) is 0 Å². The van der Waals surface area contributed by atoms with Gasteiger partial charge in [-0.25, -0.2) is 9.97 Å². The summed E-state index contributed by atoms with van der Waals surface area (Å²) in [6.45, 7) is 7.48. The lowest BCUT2D eigenvalue weighted by Crippen LogP contribution is -2.51. The molecular weight excluding hydrogens is 276 g/mol. The molecule has 1 saturated carbocycles. The number of rotatable bonds is 3. The second kappa shape index (κ2) is 6.13. The Morgan fingerprint density at radius 3 is 2.86 bits per heavy atom. The molecule has 3 aliphatic rings. The van der Waals surface area contributed by atoms with Crippen LogP contribution in [-0.2, 0) is 4.74 Å². The molecule has 5 heteroatoms. The van der Waals surface area contributed by atoms with E-state index in [0.29, 0.717) is 0 Å². The van der Waals surface area contributed by atoms with E-state index in [1.54, 1.807) is 6.33 Å². The van der Waals surface area contributed by atoms with E-state index in [2.05, 4.69) is 19.8 Å². The second-order valence-corrected chi connectivity index (χ2v) is 7.35. The van der Waals surface area contributed by atoms with Gasteiger partial charge < -0.3 is 14.5 Å². The number of ether oxygens (including phenoxy) is 1. The Hall–Kier alpha value is -1.20. The van der Waals surface area contributed by atoms with Crippen LogP contribution in [0.25, 0.3) is 0 Å². The highest BCUT2D eigenvalue weighted by Crippen LogP contribution is 2.37. The fraction of sp³-hybridized carbons (Fsp3) is 0.765. The normalized spacial score (nSPS) is 30.5. The average molecular weight is 302 g/mol. The van der Waals surface area contributed by atoms with Crippen LogP contribution in [-0.4, -0.2) is 60.8 Å². The highest BCUT2D eigenvalue weighted by molar-refractivity contribution is 5.42. The zero-order chi connectivity index (χ0) is 14.8.